The SMILES string of the molecule is CC(=O)c1cccc(NS(=O)(=O)c2ccc3c(c2)N(C(C)=O)CC(C)O3)c1. The Kier molecular flexibility index (Phi) is 4.93. The fourth-order valence-corrected chi connectivity index (χ4v) is 3.97. The van der Waals surface area contributed by atoms with Crippen LogP contribution in [-0.4, -0.2) is 32.8 Å². The van der Waals surface area contributed by atoms with Gasteiger partial charge in [0.1, 0.15) is 11.9 Å². The van der Waals surface area contributed by atoms with Crippen LogP contribution in [0.25, 0.3) is 0 Å². The van der Waals surface area contributed by atoms with Crippen LogP contribution in [0.15, 0.2) is 47.4 Å². The molecule has 0 spiro atoms. The largest absolute Gasteiger partial charge is 0.487 e. The molecule has 1 aliphatic heterocycles. The molecule has 0 fully saturated rings. The molecule has 1 N–H and O–H groups in total. The van der Waals surface area contributed by atoms with Gasteiger partial charge in [0.2, 0.25) is 5.91 Å². The molecule has 3 rings (SSSR count). The van der Waals surface area contributed by atoms with Gasteiger partial charge in [0.25, 0.3) is 10.0 Å². The van der Waals surface area contributed by atoms with Gasteiger partial charge in [-0.25, -0.2) is 8.42 Å². The van der Waals surface area contributed by atoms with Gasteiger partial charge in [0.05, 0.1) is 17.1 Å². The van der Waals surface area contributed by atoms with Gasteiger partial charge in [0, 0.05) is 18.2 Å². The highest BCUT2D eigenvalue weighted by Crippen LogP contribution is 2.35. The van der Waals surface area contributed by atoms with Crippen LogP contribution in [0.2, 0.25) is 0 Å². The van der Waals surface area contributed by atoms with Crippen LogP contribution in [-0.2, 0) is 14.8 Å². The Labute approximate surface area is 158 Å². The highest BCUT2D eigenvalue weighted by Gasteiger charge is 2.28. The average Bonchev–Trinajstić information content (AvgIpc) is 2.60. The monoisotopic (exact) mass is 388 g/mol. The molecule has 0 aromatic heterocycles. The number of ether oxygens (including phenoxy) is 1. The third-order valence-corrected chi connectivity index (χ3v) is 5.58. The second-order valence-electron chi connectivity index (χ2n) is 6.43. The van der Waals surface area contributed by atoms with Crippen LogP contribution in [0, 0.1) is 0 Å². The molecule has 1 heterocycles. The van der Waals surface area contributed by atoms with E-state index < -0.39 is 10.0 Å². The van der Waals surface area contributed by atoms with E-state index in [1.165, 1.54) is 36.9 Å². The fourth-order valence-electron chi connectivity index (χ4n) is 2.90. The molecule has 2 aromatic carbocycles. The topological polar surface area (TPSA) is 92.8 Å². The van der Waals surface area contributed by atoms with Crippen LogP contribution >= 0.6 is 0 Å². The molecule has 8 heteroatoms. The molecule has 1 aliphatic rings. The van der Waals surface area contributed by atoms with Crippen molar-refractivity contribution in [3.8, 4) is 5.75 Å². The number of carbonyl (C=O) groups is 2. The number of sulfonamides is 1. The fraction of sp³-hybridized carbons (Fsp3) is 0.263. The summed E-state index contributed by atoms with van der Waals surface area (Å²) in [7, 11) is -3.91. The van der Waals surface area contributed by atoms with E-state index in [-0.39, 0.29) is 28.4 Å². The van der Waals surface area contributed by atoms with Crippen molar-refractivity contribution in [2.75, 3.05) is 16.2 Å². The maximum Gasteiger partial charge on any atom is 0.261 e. The molecule has 0 radical (unpaired) electrons. The summed E-state index contributed by atoms with van der Waals surface area (Å²) in [4.78, 5) is 24.9. The minimum atomic E-state index is -3.91. The van der Waals surface area contributed by atoms with E-state index in [0.29, 0.717) is 23.5 Å². The molecule has 1 atom stereocenters. The molecule has 1 amide bonds. The molecule has 0 bridgehead atoms. The van der Waals surface area contributed by atoms with Crippen molar-refractivity contribution in [3.05, 3.63) is 48.0 Å². The quantitative estimate of drug-likeness (QED) is 0.813. The maximum absolute atomic E-state index is 12.8. The van der Waals surface area contributed by atoms with E-state index in [4.69, 9.17) is 4.74 Å². The number of fused-ring (bicyclic) bond motifs is 1. The second-order valence-corrected chi connectivity index (χ2v) is 8.11. The maximum atomic E-state index is 12.8. The summed E-state index contributed by atoms with van der Waals surface area (Å²) < 4.78 is 33.7. The van der Waals surface area contributed by atoms with Crippen molar-refractivity contribution in [2.24, 2.45) is 0 Å². The summed E-state index contributed by atoms with van der Waals surface area (Å²) in [6, 6.07) is 10.6. The summed E-state index contributed by atoms with van der Waals surface area (Å²) in [5, 5.41) is 0. The van der Waals surface area contributed by atoms with Gasteiger partial charge in [-0.2, -0.15) is 0 Å². The first-order chi connectivity index (χ1) is 12.7. The van der Waals surface area contributed by atoms with Crippen LogP contribution in [0.1, 0.15) is 31.1 Å². The highest BCUT2D eigenvalue weighted by molar-refractivity contribution is 7.92. The lowest BCUT2D eigenvalue weighted by Gasteiger charge is -2.33. The van der Waals surface area contributed by atoms with Crippen LogP contribution in [0.4, 0.5) is 11.4 Å². The van der Waals surface area contributed by atoms with Crippen molar-refractivity contribution in [1.29, 1.82) is 0 Å². The zero-order chi connectivity index (χ0) is 19.8. The predicted molar refractivity (Wildman–Crippen MR) is 102 cm³/mol. The first-order valence-corrected chi connectivity index (χ1v) is 9.88. The predicted octanol–water partition coefficient (Wildman–Crippen LogP) is 2.82. The lowest BCUT2D eigenvalue weighted by Crippen LogP contribution is -2.41. The van der Waals surface area contributed by atoms with E-state index in [1.54, 1.807) is 24.3 Å². The van der Waals surface area contributed by atoms with Crippen LogP contribution in [0.5, 0.6) is 5.75 Å². The summed E-state index contributed by atoms with van der Waals surface area (Å²) >= 11 is 0. The Morgan fingerprint density at radius 2 is 1.89 bits per heavy atom. The summed E-state index contributed by atoms with van der Waals surface area (Å²) in [5.74, 6) is 0.109. The van der Waals surface area contributed by atoms with Crippen LogP contribution in [0.3, 0.4) is 0 Å². The Morgan fingerprint density at radius 1 is 1.15 bits per heavy atom. The summed E-state index contributed by atoms with van der Waals surface area (Å²) in [6.07, 6.45) is -0.184. The van der Waals surface area contributed by atoms with Crippen molar-refractivity contribution < 1.29 is 22.7 Å². The third kappa shape index (κ3) is 3.95. The van der Waals surface area contributed by atoms with Crippen molar-refractivity contribution in [1.82, 2.24) is 0 Å². The van der Waals surface area contributed by atoms with Gasteiger partial charge in [-0.15, -0.1) is 0 Å². The molecule has 2 aromatic rings. The van der Waals surface area contributed by atoms with Crippen molar-refractivity contribution in [2.45, 2.75) is 31.8 Å². The van der Waals surface area contributed by atoms with Gasteiger partial charge >= 0.3 is 0 Å². The molecule has 1 unspecified atom stereocenters. The van der Waals surface area contributed by atoms with Gasteiger partial charge in [-0.3, -0.25) is 14.3 Å². The lowest BCUT2D eigenvalue weighted by molar-refractivity contribution is -0.117. The molecule has 0 aliphatic carbocycles. The lowest BCUT2D eigenvalue weighted by atomic mass is 10.1. The number of nitrogens with one attached hydrogen (secondary N) is 1. The minimum Gasteiger partial charge on any atom is -0.487 e. The first-order valence-electron chi connectivity index (χ1n) is 8.40. The zero-order valence-corrected chi connectivity index (χ0v) is 16.0. The van der Waals surface area contributed by atoms with Gasteiger partial charge in [0.15, 0.2) is 5.78 Å². The summed E-state index contributed by atoms with van der Waals surface area (Å²) in [6.45, 7) is 5.02. The number of hydrogen-bond acceptors (Lipinski definition) is 5. The number of hydrogen-bond donors (Lipinski definition) is 1. The van der Waals surface area contributed by atoms with Gasteiger partial charge in [-0.05, 0) is 44.2 Å². The Hall–Kier alpha value is -2.87. The number of benzene rings is 2. The van der Waals surface area contributed by atoms with E-state index >= 15 is 0 Å². The highest BCUT2D eigenvalue weighted by atomic mass is 32.2. The number of nitrogens with zero attached hydrogens (tertiary/aromatic N) is 1. The van der Waals surface area contributed by atoms with Gasteiger partial charge in [-0.1, -0.05) is 12.1 Å². The molecular formula is C19H20N2O5S. The Morgan fingerprint density at radius 3 is 2.56 bits per heavy atom. The number of amides is 1. The van der Waals surface area contributed by atoms with E-state index in [9.17, 15) is 18.0 Å². The zero-order valence-electron chi connectivity index (χ0n) is 15.2. The minimum absolute atomic E-state index is 0.00104. The molecular weight excluding hydrogens is 368 g/mol. The molecule has 0 saturated carbocycles. The molecule has 0 saturated heterocycles. The normalized spacial score (nSPS) is 16.3. The smallest absolute Gasteiger partial charge is 0.261 e. The van der Waals surface area contributed by atoms with Crippen molar-refractivity contribution >= 4 is 33.1 Å². The standard InChI is InChI=1S/C19H20N2O5S/c1-12-11-21(14(3)23)18-10-17(7-8-19(18)26-12)27(24,25)20-16-6-4-5-15(9-16)13(2)22/h4-10,12,20H,11H2,1-3H3. The summed E-state index contributed by atoms with van der Waals surface area (Å²) in [5.41, 5.74) is 1.11. The number of Topliss-reactive ketones (excluding diaryl/α,β-unsaturated/α-hetero) is 1. The van der Waals surface area contributed by atoms with Gasteiger partial charge < -0.3 is 9.64 Å². The molecule has 7 nitrogen and oxygen atoms in total. The number of rotatable bonds is 4. The number of carbonyl (C=O) groups excluding carboxylic acids is 2. The number of anilines is 2. The Balaban J connectivity index is 1.96. The molecule has 27 heavy (non-hydrogen) atoms. The first kappa shape index (κ1) is 18.9. The van der Waals surface area contributed by atoms with E-state index in [1.807, 2.05) is 6.92 Å². The van der Waals surface area contributed by atoms with Crippen LogP contribution < -0.4 is 14.4 Å². The van der Waals surface area contributed by atoms with Crippen molar-refractivity contribution in [3.63, 3.8) is 0 Å². The second kappa shape index (κ2) is 7.03. The molecule has 142 valence electrons. The Bertz CT molecular complexity index is 1020. The number of ketones is 1. The van der Waals surface area contributed by atoms with E-state index in [0.717, 1.165) is 0 Å². The van der Waals surface area contributed by atoms with E-state index in [2.05, 4.69) is 4.72 Å². The third-order valence-electron chi connectivity index (χ3n) is 4.20. The average molecular weight is 388 g/mol.